The monoisotopic (exact) mass is 350 g/mol. The third kappa shape index (κ3) is 4.58. The van der Waals surface area contributed by atoms with Crippen molar-refractivity contribution >= 4 is 30.6 Å². The number of benzene rings is 1. The summed E-state index contributed by atoms with van der Waals surface area (Å²) in [5.74, 6) is 0. The number of hydrogen-bond donors (Lipinski definition) is 1. The van der Waals surface area contributed by atoms with Crippen LogP contribution in [0.1, 0.15) is 11.1 Å². The third-order valence-corrected chi connectivity index (χ3v) is 5.67. The highest BCUT2D eigenvalue weighted by Gasteiger charge is 2.15. The molecule has 1 N–H and O–H groups in total. The van der Waals surface area contributed by atoms with Crippen molar-refractivity contribution in [2.24, 2.45) is 0 Å². The van der Waals surface area contributed by atoms with E-state index in [1.54, 1.807) is 12.3 Å². The van der Waals surface area contributed by atoms with E-state index in [2.05, 4.69) is 25.7 Å². The fraction of sp³-hybridized carbons (Fsp3) is 0.471. The Morgan fingerprint density at radius 3 is 2.70 bits per heavy atom. The molecule has 0 aliphatic carbocycles. The first-order valence-corrected chi connectivity index (χ1v) is 11.8. The number of aliphatic hydroxyl groups is 1. The van der Waals surface area contributed by atoms with Gasteiger partial charge in [0.1, 0.15) is 12.8 Å². The molecule has 1 aromatic heterocycles. The van der Waals surface area contributed by atoms with Crippen LogP contribution in [0, 0.1) is 11.3 Å². The summed E-state index contributed by atoms with van der Waals surface area (Å²) in [6.07, 6.45) is 2.30. The third-order valence-electron chi connectivity index (χ3n) is 3.74. The van der Waals surface area contributed by atoms with Gasteiger partial charge in [0.2, 0.25) is 0 Å². The Kier molecular flexibility index (Phi) is 5.87. The maximum absolute atomic E-state index is 9.35. The minimum atomic E-state index is -1.12. The Balaban J connectivity index is 2.30. The molecule has 124 valence electrons. The number of hydrogen-bond acceptors (Lipinski definition) is 3. The van der Waals surface area contributed by atoms with Crippen LogP contribution in [0.25, 0.3) is 10.9 Å². The highest BCUT2D eigenvalue weighted by molar-refractivity contribution is 6.76. The number of aromatic nitrogens is 1. The van der Waals surface area contributed by atoms with E-state index in [-0.39, 0.29) is 6.61 Å². The molecule has 2 rings (SSSR count). The van der Waals surface area contributed by atoms with Crippen LogP contribution in [0.3, 0.4) is 0 Å². The molecular formula is C17H23ClN2O2Si. The van der Waals surface area contributed by atoms with E-state index in [9.17, 15) is 10.4 Å². The first-order valence-electron chi connectivity index (χ1n) is 7.75. The van der Waals surface area contributed by atoms with E-state index in [4.69, 9.17) is 16.3 Å². The van der Waals surface area contributed by atoms with Crippen molar-refractivity contribution in [2.45, 2.75) is 38.8 Å². The lowest BCUT2D eigenvalue weighted by molar-refractivity contribution is 0.0901. The normalized spacial score (nSPS) is 11.8. The van der Waals surface area contributed by atoms with Crippen LogP contribution in [0.5, 0.6) is 0 Å². The van der Waals surface area contributed by atoms with Crippen LogP contribution in [0.15, 0.2) is 18.3 Å². The standard InChI is InChI=1S/C17H23ClN2O2Si/c1-23(2,3)7-6-22-12-20-11-14(10-19)16-9-15(18)8-13(4-5-21)17(16)20/h8-9,11,21H,4-7,12H2,1-3H3. The number of fused-ring (bicyclic) bond motifs is 1. The van der Waals surface area contributed by atoms with E-state index in [1.165, 1.54) is 0 Å². The SMILES string of the molecule is C[Si](C)(C)CCOCn1cc(C#N)c2cc(Cl)cc(CCO)c21. The van der Waals surface area contributed by atoms with Crippen molar-refractivity contribution < 1.29 is 9.84 Å². The molecule has 1 aromatic carbocycles. The molecule has 0 saturated carbocycles. The number of rotatable bonds is 7. The van der Waals surface area contributed by atoms with Crippen LogP contribution in [0.4, 0.5) is 0 Å². The van der Waals surface area contributed by atoms with Crippen LogP contribution < -0.4 is 0 Å². The van der Waals surface area contributed by atoms with E-state index >= 15 is 0 Å². The van der Waals surface area contributed by atoms with Gasteiger partial charge in [0.05, 0.1) is 11.1 Å². The predicted octanol–water partition coefficient (Wildman–Crippen LogP) is 4.01. The molecule has 1 heterocycles. The highest BCUT2D eigenvalue weighted by atomic mass is 35.5. The van der Waals surface area contributed by atoms with Gasteiger partial charge in [0.25, 0.3) is 0 Å². The van der Waals surface area contributed by atoms with Crippen LogP contribution in [-0.2, 0) is 17.9 Å². The fourth-order valence-electron chi connectivity index (χ4n) is 2.53. The molecule has 0 saturated heterocycles. The van der Waals surface area contributed by atoms with Gasteiger partial charge in [0, 0.05) is 37.9 Å². The summed E-state index contributed by atoms with van der Waals surface area (Å²) in [5, 5.41) is 20.0. The summed E-state index contributed by atoms with van der Waals surface area (Å²) in [5.41, 5.74) is 2.44. The van der Waals surface area contributed by atoms with Gasteiger partial charge in [-0.3, -0.25) is 0 Å². The van der Waals surface area contributed by atoms with Crippen molar-refractivity contribution in [3.8, 4) is 6.07 Å². The van der Waals surface area contributed by atoms with Gasteiger partial charge < -0.3 is 14.4 Å². The van der Waals surface area contributed by atoms with E-state index < -0.39 is 8.07 Å². The van der Waals surface area contributed by atoms with Crippen molar-refractivity contribution in [2.75, 3.05) is 13.2 Å². The molecule has 0 fully saturated rings. The number of aliphatic hydroxyl groups excluding tert-OH is 1. The van der Waals surface area contributed by atoms with Gasteiger partial charge in [-0.1, -0.05) is 31.2 Å². The second-order valence-electron chi connectivity index (χ2n) is 6.91. The number of ether oxygens (including phenoxy) is 1. The smallest absolute Gasteiger partial charge is 0.122 e. The largest absolute Gasteiger partial charge is 0.396 e. The first kappa shape index (κ1) is 18.0. The van der Waals surface area contributed by atoms with Crippen LogP contribution in [0.2, 0.25) is 30.7 Å². The minimum absolute atomic E-state index is 0.0407. The van der Waals surface area contributed by atoms with Gasteiger partial charge in [-0.25, -0.2) is 0 Å². The van der Waals surface area contributed by atoms with Crippen molar-refractivity contribution in [1.29, 1.82) is 5.26 Å². The van der Waals surface area contributed by atoms with Gasteiger partial charge in [-0.05, 0) is 30.2 Å². The second kappa shape index (κ2) is 7.50. The maximum atomic E-state index is 9.35. The number of nitriles is 1. The van der Waals surface area contributed by atoms with E-state index in [0.717, 1.165) is 29.1 Å². The molecule has 2 aromatic rings. The summed E-state index contributed by atoms with van der Waals surface area (Å²) in [6.45, 7) is 8.12. The highest BCUT2D eigenvalue weighted by Crippen LogP contribution is 2.29. The lowest BCUT2D eigenvalue weighted by atomic mass is 10.1. The van der Waals surface area contributed by atoms with Crippen LogP contribution in [-0.4, -0.2) is 31.0 Å². The molecule has 4 nitrogen and oxygen atoms in total. The van der Waals surface area contributed by atoms with Crippen molar-refractivity contribution in [3.05, 3.63) is 34.5 Å². The fourth-order valence-corrected chi connectivity index (χ4v) is 3.53. The van der Waals surface area contributed by atoms with Crippen molar-refractivity contribution in [1.82, 2.24) is 4.57 Å². The van der Waals surface area contributed by atoms with E-state index in [0.29, 0.717) is 23.7 Å². The summed E-state index contributed by atoms with van der Waals surface area (Å²) in [6, 6.07) is 6.96. The van der Waals surface area contributed by atoms with Crippen LogP contribution >= 0.6 is 11.6 Å². The summed E-state index contributed by atoms with van der Waals surface area (Å²) in [4.78, 5) is 0. The number of nitrogens with zero attached hydrogens (tertiary/aromatic N) is 2. The minimum Gasteiger partial charge on any atom is -0.396 e. The average Bonchev–Trinajstić information content (AvgIpc) is 2.81. The molecule has 0 spiro atoms. The zero-order valence-electron chi connectivity index (χ0n) is 13.9. The molecule has 6 heteroatoms. The molecule has 0 aliphatic heterocycles. The molecule has 0 unspecified atom stereocenters. The summed E-state index contributed by atoms with van der Waals surface area (Å²) in [7, 11) is -1.12. The topological polar surface area (TPSA) is 58.2 Å². The lowest BCUT2D eigenvalue weighted by Gasteiger charge is -2.16. The van der Waals surface area contributed by atoms with Crippen molar-refractivity contribution in [3.63, 3.8) is 0 Å². The lowest BCUT2D eigenvalue weighted by Crippen LogP contribution is -2.22. The Morgan fingerprint density at radius 2 is 2.09 bits per heavy atom. The average molecular weight is 351 g/mol. The Hall–Kier alpha value is -1.32. The van der Waals surface area contributed by atoms with Gasteiger partial charge >= 0.3 is 0 Å². The quantitative estimate of drug-likeness (QED) is 0.606. The number of halogens is 1. The molecule has 0 radical (unpaired) electrons. The molecule has 0 amide bonds. The predicted molar refractivity (Wildman–Crippen MR) is 96.6 cm³/mol. The Bertz CT molecular complexity index is 729. The molecule has 0 atom stereocenters. The Labute approximate surface area is 143 Å². The molecular weight excluding hydrogens is 328 g/mol. The zero-order valence-corrected chi connectivity index (χ0v) is 15.7. The zero-order chi connectivity index (χ0) is 17.0. The molecule has 0 aliphatic rings. The van der Waals surface area contributed by atoms with Gasteiger partial charge in [0.15, 0.2) is 0 Å². The van der Waals surface area contributed by atoms with E-state index in [1.807, 2.05) is 10.6 Å². The Morgan fingerprint density at radius 1 is 1.35 bits per heavy atom. The second-order valence-corrected chi connectivity index (χ2v) is 13.0. The molecule has 23 heavy (non-hydrogen) atoms. The van der Waals surface area contributed by atoms with Gasteiger partial charge in [-0.15, -0.1) is 0 Å². The van der Waals surface area contributed by atoms with Gasteiger partial charge in [-0.2, -0.15) is 5.26 Å². The summed E-state index contributed by atoms with van der Waals surface area (Å²) < 4.78 is 7.76. The summed E-state index contributed by atoms with van der Waals surface area (Å²) >= 11 is 6.15. The maximum Gasteiger partial charge on any atom is 0.122 e. The first-order chi connectivity index (χ1) is 10.9. The molecule has 0 bridgehead atoms.